The highest BCUT2D eigenvalue weighted by molar-refractivity contribution is 14.0. The molecule has 0 bridgehead atoms. The van der Waals surface area contributed by atoms with E-state index in [1.807, 2.05) is 0 Å². The van der Waals surface area contributed by atoms with E-state index in [-0.39, 0.29) is 29.8 Å². The lowest BCUT2D eigenvalue weighted by molar-refractivity contribution is 0.0376. The van der Waals surface area contributed by atoms with Gasteiger partial charge in [-0.05, 0) is 43.7 Å². The number of rotatable bonds is 9. The molecule has 10 heteroatoms. The highest BCUT2D eigenvalue weighted by Crippen LogP contribution is 2.16. The monoisotopic (exact) mass is 518 g/mol. The Balaban J connectivity index is 0.00000300. The SMILES string of the molecule is I.NC(=NCCCc1nc(-c2ccc(F)cc2)no1)NCCCN1CCOCC1. The maximum atomic E-state index is 13.0. The molecule has 0 saturated carbocycles. The largest absolute Gasteiger partial charge is 0.379 e. The van der Waals surface area contributed by atoms with Gasteiger partial charge >= 0.3 is 0 Å². The maximum Gasteiger partial charge on any atom is 0.227 e. The number of guanidine groups is 1. The van der Waals surface area contributed by atoms with Gasteiger partial charge in [0.1, 0.15) is 5.82 Å². The van der Waals surface area contributed by atoms with Gasteiger partial charge in [0.05, 0.1) is 13.2 Å². The molecule has 1 aliphatic heterocycles. The van der Waals surface area contributed by atoms with Crippen LogP contribution in [0.1, 0.15) is 18.7 Å². The Labute approximate surface area is 187 Å². The minimum atomic E-state index is -0.294. The summed E-state index contributed by atoms with van der Waals surface area (Å²) >= 11 is 0. The van der Waals surface area contributed by atoms with Crippen LogP contribution in [0, 0.1) is 5.82 Å². The lowest BCUT2D eigenvalue weighted by atomic mass is 10.2. The molecule has 1 aromatic heterocycles. The maximum absolute atomic E-state index is 13.0. The number of aromatic nitrogens is 2. The Hall–Kier alpha value is -1.79. The summed E-state index contributed by atoms with van der Waals surface area (Å²) in [5.74, 6) is 1.16. The number of morpholine rings is 1. The number of benzene rings is 1. The summed E-state index contributed by atoms with van der Waals surface area (Å²) in [4.78, 5) is 11.0. The average molecular weight is 518 g/mol. The van der Waals surface area contributed by atoms with Crippen LogP contribution in [0.5, 0.6) is 0 Å². The Morgan fingerprint density at radius 2 is 1.97 bits per heavy atom. The van der Waals surface area contributed by atoms with Crippen molar-refractivity contribution in [3.05, 3.63) is 36.0 Å². The number of halogens is 2. The summed E-state index contributed by atoms with van der Waals surface area (Å²) in [6, 6.07) is 5.99. The van der Waals surface area contributed by atoms with Crippen LogP contribution in [-0.4, -0.2) is 66.9 Å². The van der Waals surface area contributed by atoms with Crippen LogP contribution in [0.2, 0.25) is 0 Å². The zero-order valence-corrected chi connectivity index (χ0v) is 18.7. The molecule has 2 heterocycles. The number of ether oxygens (including phenoxy) is 1. The fraction of sp³-hybridized carbons (Fsp3) is 0.526. The first kappa shape index (κ1) is 23.5. The van der Waals surface area contributed by atoms with Gasteiger partial charge in [0.15, 0.2) is 5.96 Å². The van der Waals surface area contributed by atoms with Gasteiger partial charge in [-0.15, -0.1) is 24.0 Å². The topological polar surface area (TPSA) is 102 Å². The van der Waals surface area contributed by atoms with Crippen molar-refractivity contribution in [2.24, 2.45) is 10.7 Å². The number of nitrogens with one attached hydrogen (secondary N) is 1. The summed E-state index contributed by atoms with van der Waals surface area (Å²) in [5, 5.41) is 7.06. The minimum absolute atomic E-state index is 0. The van der Waals surface area contributed by atoms with Crippen molar-refractivity contribution in [1.29, 1.82) is 0 Å². The fourth-order valence-electron chi connectivity index (χ4n) is 2.90. The minimum Gasteiger partial charge on any atom is -0.379 e. The van der Waals surface area contributed by atoms with Crippen LogP contribution in [-0.2, 0) is 11.2 Å². The van der Waals surface area contributed by atoms with Crippen LogP contribution in [0.3, 0.4) is 0 Å². The van der Waals surface area contributed by atoms with Crippen LogP contribution >= 0.6 is 24.0 Å². The Kier molecular flexibility index (Phi) is 10.3. The summed E-state index contributed by atoms with van der Waals surface area (Å²) in [5.41, 5.74) is 6.61. The summed E-state index contributed by atoms with van der Waals surface area (Å²) < 4.78 is 23.5. The van der Waals surface area contributed by atoms with Crippen molar-refractivity contribution in [2.75, 3.05) is 45.9 Å². The van der Waals surface area contributed by atoms with E-state index in [1.54, 1.807) is 12.1 Å². The Morgan fingerprint density at radius 3 is 2.72 bits per heavy atom. The quantitative estimate of drug-likeness (QED) is 0.227. The normalized spacial score (nSPS) is 15.1. The van der Waals surface area contributed by atoms with Crippen LogP contribution in [0.15, 0.2) is 33.8 Å². The number of nitrogens with two attached hydrogens (primary N) is 1. The van der Waals surface area contributed by atoms with E-state index in [1.165, 1.54) is 12.1 Å². The van der Waals surface area contributed by atoms with E-state index >= 15 is 0 Å². The van der Waals surface area contributed by atoms with Gasteiger partial charge < -0.3 is 20.3 Å². The molecule has 29 heavy (non-hydrogen) atoms. The molecule has 0 spiro atoms. The predicted octanol–water partition coefficient (Wildman–Crippen LogP) is 2.05. The van der Waals surface area contributed by atoms with E-state index < -0.39 is 0 Å². The van der Waals surface area contributed by atoms with Crippen molar-refractivity contribution < 1.29 is 13.7 Å². The number of hydrogen-bond acceptors (Lipinski definition) is 6. The summed E-state index contributed by atoms with van der Waals surface area (Å²) in [7, 11) is 0. The van der Waals surface area contributed by atoms with Crippen molar-refractivity contribution in [2.45, 2.75) is 19.3 Å². The molecular weight excluding hydrogens is 490 g/mol. The highest BCUT2D eigenvalue weighted by Gasteiger charge is 2.10. The van der Waals surface area contributed by atoms with Gasteiger partial charge in [-0.25, -0.2) is 4.39 Å². The molecule has 1 saturated heterocycles. The van der Waals surface area contributed by atoms with Gasteiger partial charge in [-0.3, -0.25) is 9.89 Å². The predicted molar refractivity (Wildman–Crippen MR) is 120 cm³/mol. The molecule has 0 atom stereocenters. The second-order valence-electron chi connectivity index (χ2n) is 6.62. The summed E-state index contributed by atoms with van der Waals surface area (Å²) in [6.07, 6.45) is 2.38. The fourth-order valence-corrected chi connectivity index (χ4v) is 2.90. The van der Waals surface area contributed by atoms with Gasteiger partial charge in [-0.1, -0.05) is 5.16 Å². The molecule has 1 fully saturated rings. The third kappa shape index (κ3) is 8.23. The molecule has 2 aromatic rings. The molecule has 0 unspecified atom stereocenters. The first-order valence-corrected chi connectivity index (χ1v) is 9.63. The number of aryl methyl sites for hydroxylation is 1. The van der Waals surface area contributed by atoms with Crippen molar-refractivity contribution in [3.8, 4) is 11.4 Å². The second-order valence-corrected chi connectivity index (χ2v) is 6.62. The first-order chi connectivity index (χ1) is 13.7. The average Bonchev–Trinajstić information content (AvgIpc) is 3.19. The van der Waals surface area contributed by atoms with E-state index in [0.29, 0.717) is 30.6 Å². The highest BCUT2D eigenvalue weighted by atomic mass is 127. The smallest absolute Gasteiger partial charge is 0.227 e. The summed E-state index contributed by atoms with van der Waals surface area (Å²) in [6.45, 7) is 6.07. The van der Waals surface area contributed by atoms with Crippen molar-refractivity contribution in [1.82, 2.24) is 20.4 Å². The Morgan fingerprint density at radius 1 is 1.21 bits per heavy atom. The third-order valence-corrected chi connectivity index (χ3v) is 4.46. The first-order valence-electron chi connectivity index (χ1n) is 9.63. The second kappa shape index (κ2) is 12.7. The molecule has 8 nitrogen and oxygen atoms in total. The molecule has 3 N–H and O–H groups in total. The van der Waals surface area contributed by atoms with E-state index in [9.17, 15) is 4.39 Å². The molecule has 0 radical (unpaired) electrons. The molecule has 0 amide bonds. The van der Waals surface area contributed by atoms with E-state index in [0.717, 1.165) is 57.8 Å². The van der Waals surface area contributed by atoms with Crippen LogP contribution < -0.4 is 11.1 Å². The molecule has 3 rings (SSSR count). The molecule has 160 valence electrons. The molecule has 1 aromatic carbocycles. The van der Waals surface area contributed by atoms with Gasteiger partial charge in [0.25, 0.3) is 0 Å². The van der Waals surface area contributed by atoms with Gasteiger partial charge in [0.2, 0.25) is 11.7 Å². The number of aliphatic imine (C=N–C) groups is 1. The molecular formula is C19H28FIN6O2. The van der Waals surface area contributed by atoms with E-state index in [2.05, 4.69) is 25.3 Å². The molecule has 1 aliphatic rings. The third-order valence-electron chi connectivity index (χ3n) is 4.46. The van der Waals surface area contributed by atoms with Crippen molar-refractivity contribution >= 4 is 29.9 Å². The zero-order chi connectivity index (χ0) is 19.6. The van der Waals surface area contributed by atoms with Gasteiger partial charge in [0, 0.05) is 38.2 Å². The van der Waals surface area contributed by atoms with Crippen LogP contribution in [0.25, 0.3) is 11.4 Å². The number of hydrogen-bond donors (Lipinski definition) is 2. The van der Waals surface area contributed by atoms with Gasteiger partial charge in [-0.2, -0.15) is 4.98 Å². The van der Waals surface area contributed by atoms with Crippen molar-refractivity contribution in [3.63, 3.8) is 0 Å². The Bertz CT molecular complexity index is 749. The zero-order valence-electron chi connectivity index (χ0n) is 16.3. The lowest BCUT2D eigenvalue weighted by Crippen LogP contribution is -2.39. The lowest BCUT2D eigenvalue weighted by Gasteiger charge is -2.26. The van der Waals surface area contributed by atoms with E-state index in [4.69, 9.17) is 15.0 Å². The standard InChI is InChI=1S/C19H27FN6O2.HI/c20-16-6-4-15(5-7-16)18-24-17(28-25-18)3-1-8-22-19(21)23-9-2-10-26-11-13-27-14-12-26;/h4-7H,1-3,8-14H2,(H3,21,22,23);1H. The molecule has 0 aliphatic carbocycles. The van der Waals surface area contributed by atoms with Crippen LogP contribution in [0.4, 0.5) is 4.39 Å². The number of nitrogens with zero attached hydrogens (tertiary/aromatic N) is 4.